The summed E-state index contributed by atoms with van der Waals surface area (Å²) in [5, 5.41) is 0. The van der Waals surface area contributed by atoms with E-state index >= 15 is 0 Å². The molecule has 0 saturated carbocycles. The number of hydrogen-bond donors (Lipinski definition) is 0. The van der Waals surface area contributed by atoms with E-state index in [1.54, 1.807) is 9.80 Å². The molecule has 0 spiro atoms. The number of carbonyl (C=O) groups is 4. The summed E-state index contributed by atoms with van der Waals surface area (Å²) in [5.74, 6) is -0.834. The highest BCUT2D eigenvalue weighted by atomic mass is 16.5. The van der Waals surface area contributed by atoms with Crippen molar-refractivity contribution < 1.29 is 28.7 Å². The van der Waals surface area contributed by atoms with Crippen LogP contribution in [0.4, 0.5) is 0 Å². The summed E-state index contributed by atoms with van der Waals surface area (Å²) in [6, 6.07) is 0. The first-order valence-electron chi connectivity index (χ1n) is 8.61. The molecule has 2 aliphatic heterocycles. The predicted molar refractivity (Wildman–Crippen MR) is 87.3 cm³/mol. The molecule has 2 fully saturated rings. The number of esters is 2. The summed E-state index contributed by atoms with van der Waals surface area (Å²) in [5.41, 5.74) is 0. The highest BCUT2D eigenvalue weighted by Crippen LogP contribution is 2.09. The van der Waals surface area contributed by atoms with Crippen molar-refractivity contribution in [2.75, 3.05) is 39.4 Å². The van der Waals surface area contributed by atoms with Crippen LogP contribution in [0.25, 0.3) is 0 Å². The Bertz CT molecular complexity index is 545. The minimum atomic E-state index is -0.554. The number of carbonyl (C=O) groups excluding carboxylic acids is 4. The second kappa shape index (κ2) is 9.80. The Balaban J connectivity index is 1.51. The van der Waals surface area contributed by atoms with Gasteiger partial charge in [0.25, 0.3) is 0 Å². The van der Waals surface area contributed by atoms with Gasteiger partial charge >= 0.3 is 11.9 Å². The van der Waals surface area contributed by atoms with Crippen molar-refractivity contribution in [3.05, 3.63) is 12.2 Å². The lowest BCUT2D eigenvalue weighted by Gasteiger charge is -2.14. The lowest BCUT2D eigenvalue weighted by molar-refractivity contribution is -0.144. The molecule has 2 saturated heterocycles. The van der Waals surface area contributed by atoms with Gasteiger partial charge in [0.1, 0.15) is 13.2 Å². The van der Waals surface area contributed by atoms with E-state index in [0.29, 0.717) is 39.0 Å². The third-order valence-electron chi connectivity index (χ3n) is 4.11. The molecule has 138 valence electrons. The SMILES string of the molecule is O=C(C=CCC(=O)OCCN1CCCC1=O)OCCN1CCCC1=O. The molecule has 0 unspecified atom stereocenters. The predicted octanol–water partition coefficient (Wildman–Crippen LogP) is 0.264. The average Bonchev–Trinajstić information content (AvgIpc) is 3.16. The molecule has 2 amide bonds. The standard InChI is InChI=1S/C17H24N2O6/c20-14-4-2-8-18(14)10-12-24-16(22)6-1-7-17(23)25-13-11-19-9-3-5-15(19)21/h1,6H,2-5,7-13H2. The van der Waals surface area contributed by atoms with Crippen molar-refractivity contribution in [2.45, 2.75) is 32.1 Å². The molecule has 2 heterocycles. The number of hydrogen-bond acceptors (Lipinski definition) is 6. The highest BCUT2D eigenvalue weighted by Gasteiger charge is 2.20. The van der Waals surface area contributed by atoms with E-state index in [1.165, 1.54) is 12.2 Å². The van der Waals surface area contributed by atoms with Gasteiger partial charge in [0.15, 0.2) is 0 Å². The maximum atomic E-state index is 11.5. The monoisotopic (exact) mass is 352 g/mol. The molecule has 0 aromatic rings. The van der Waals surface area contributed by atoms with E-state index in [9.17, 15) is 19.2 Å². The van der Waals surface area contributed by atoms with Crippen molar-refractivity contribution >= 4 is 23.8 Å². The van der Waals surface area contributed by atoms with Crippen molar-refractivity contribution in [1.82, 2.24) is 9.80 Å². The Labute approximate surface area is 146 Å². The molecule has 2 aliphatic rings. The van der Waals surface area contributed by atoms with Crippen molar-refractivity contribution in [2.24, 2.45) is 0 Å². The first kappa shape index (κ1) is 19.0. The Morgan fingerprint density at radius 1 is 0.920 bits per heavy atom. The van der Waals surface area contributed by atoms with Gasteiger partial charge in [-0.05, 0) is 12.8 Å². The summed E-state index contributed by atoms with van der Waals surface area (Å²) in [6.07, 6.45) is 5.34. The van der Waals surface area contributed by atoms with E-state index in [1.807, 2.05) is 0 Å². The quantitative estimate of drug-likeness (QED) is 0.437. The molecule has 0 N–H and O–H groups in total. The molecule has 0 atom stereocenters. The molecule has 0 aromatic carbocycles. The molecule has 25 heavy (non-hydrogen) atoms. The number of rotatable bonds is 9. The van der Waals surface area contributed by atoms with E-state index in [4.69, 9.17) is 9.47 Å². The van der Waals surface area contributed by atoms with Gasteiger partial charge < -0.3 is 19.3 Å². The van der Waals surface area contributed by atoms with Crippen molar-refractivity contribution in [3.8, 4) is 0 Å². The van der Waals surface area contributed by atoms with E-state index in [-0.39, 0.29) is 31.4 Å². The summed E-state index contributed by atoms with van der Waals surface area (Å²) in [7, 11) is 0. The zero-order valence-corrected chi connectivity index (χ0v) is 14.3. The smallest absolute Gasteiger partial charge is 0.330 e. The molecule has 8 heteroatoms. The second-order valence-electron chi connectivity index (χ2n) is 5.96. The lowest BCUT2D eigenvalue weighted by Crippen LogP contribution is -2.29. The van der Waals surface area contributed by atoms with Crippen LogP contribution in [0.3, 0.4) is 0 Å². The first-order chi connectivity index (χ1) is 12.1. The average molecular weight is 352 g/mol. The van der Waals surface area contributed by atoms with Gasteiger partial charge in [0.05, 0.1) is 19.5 Å². The minimum Gasteiger partial charge on any atom is -0.464 e. The summed E-state index contributed by atoms with van der Waals surface area (Å²) >= 11 is 0. The topological polar surface area (TPSA) is 93.2 Å². The van der Waals surface area contributed by atoms with Crippen LogP contribution < -0.4 is 0 Å². The van der Waals surface area contributed by atoms with E-state index in [0.717, 1.165) is 12.8 Å². The molecule has 0 aliphatic carbocycles. The Morgan fingerprint density at radius 3 is 2.00 bits per heavy atom. The lowest BCUT2D eigenvalue weighted by atomic mass is 10.4. The molecule has 0 aromatic heterocycles. The Hall–Kier alpha value is -2.38. The molecule has 0 radical (unpaired) electrons. The Morgan fingerprint density at radius 2 is 1.48 bits per heavy atom. The van der Waals surface area contributed by atoms with Crippen LogP contribution in [0.5, 0.6) is 0 Å². The minimum absolute atomic E-state index is 0.0341. The van der Waals surface area contributed by atoms with Crippen LogP contribution in [-0.4, -0.2) is 72.9 Å². The van der Waals surface area contributed by atoms with Crippen LogP contribution >= 0.6 is 0 Å². The fraction of sp³-hybridized carbons (Fsp3) is 0.647. The van der Waals surface area contributed by atoms with Crippen LogP contribution in [0.1, 0.15) is 32.1 Å². The summed E-state index contributed by atoms with van der Waals surface area (Å²) < 4.78 is 9.99. The molecular formula is C17H24N2O6. The van der Waals surface area contributed by atoms with Gasteiger partial charge in [-0.2, -0.15) is 0 Å². The molecular weight excluding hydrogens is 328 g/mol. The number of likely N-dealkylation sites (tertiary alicyclic amines) is 2. The summed E-state index contributed by atoms with van der Waals surface area (Å²) in [4.78, 5) is 49.1. The zero-order valence-electron chi connectivity index (χ0n) is 14.3. The Kier molecular flexibility index (Phi) is 7.43. The summed E-state index contributed by atoms with van der Waals surface area (Å²) in [6.45, 7) is 2.53. The fourth-order valence-corrected chi connectivity index (χ4v) is 2.77. The molecule has 8 nitrogen and oxygen atoms in total. The first-order valence-corrected chi connectivity index (χ1v) is 8.61. The fourth-order valence-electron chi connectivity index (χ4n) is 2.77. The number of nitrogens with zero attached hydrogens (tertiary/aromatic N) is 2. The third kappa shape index (κ3) is 6.56. The normalized spacial score (nSPS) is 17.6. The van der Waals surface area contributed by atoms with E-state index < -0.39 is 11.9 Å². The molecule has 0 bridgehead atoms. The van der Waals surface area contributed by atoms with Crippen molar-refractivity contribution in [3.63, 3.8) is 0 Å². The van der Waals surface area contributed by atoms with Gasteiger partial charge in [-0.25, -0.2) is 4.79 Å². The zero-order chi connectivity index (χ0) is 18.1. The molecule has 2 rings (SSSR count). The van der Waals surface area contributed by atoms with Gasteiger partial charge in [-0.15, -0.1) is 0 Å². The number of ether oxygens (including phenoxy) is 2. The number of amides is 2. The van der Waals surface area contributed by atoms with Crippen LogP contribution in [0.2, 0.25) is 0 Å². The maximum absolute atomic E-state index is 11.5. The highest BCUT2D eigenvalue weighted by molar-refractivity contribution is 5.83. The van der Waals surface area contributed by atoms with Gasteiger partial charge in [0.2, 0.25) is 11.8 Å². The largest absolute Gasteiger partial charge is 0.464 e. The maximum Gasteiger partial charge on any atom is 0.330 e. The van der Waals surface area contributed by atoms with Crippen LogP contribution in [-0.2, 0) is 28.7 Å². The third-order valence-corrected chi connectivity index (χ3v) is 4.11. The van der Waals surface area contributed by atoms with Gasteiger partial charge in [-0.1, -0.05) is 6.08 Å². The van der Waals surface area contributed by atoms with Crippen LogP contribution in [0, 0.1) is 0 Å². The van der Waals surface area contributed by atoms with Gasteiger partial charge in [0, 0.05) is 32.0 Å². The van der Waals surface area contributed by atoms with Crippen LogP contribution in [0.15, 0.2) is 12.2 Å². The second-order valence-corrected chi connectivity index (χ2v) is 5.96. The van der Waals surface area contributed by atoms with E-state index in [2.05, 4.69) is 0 Å². The van der Waals surface area contributed by atoms with Gasteiger partial charge in [-0.3, -0.25) is 14.4 Å². The van der Waals surface area contributed by atoms with Crippen molar-refractivity contribution in [1.29, 1.82) is 0 Å².